The molecule has 0 saturated carbocycles. The highest BCUT2D eigenvalue weighted by Crippen LogP contribution is 2.34. The number of aromatic nitrogens is 2. The summed E-state index contributed by atoms with van der Waals surface area (Å²) in [6.45, 7) is 3.28. The maximum absolute atomic E-state index is 12.3. The number of alkyl halides is 3. The Labute approximate surface area is 79.2 Å². The minimum atomic E-state index is -4.50. The molecule has 0 radical (unpaired) electrons. The van der Waals surface area contributed by atoms with Gasteiger partial charge in [-0.1, -0.05) is 6.92 Å². The zero-order valence-electron chi connectivity index (χ0n) is 7.89. The lowest BCUT2D eigenvalue weighted by molar-refractivity contribution is -0.141. The van der Waals surface area contributed by atoms with Gasteiger partial charge >= 0.3 is 6.18 Å². The molecule has 1 rings (SSSR count). The van der Waals surface area contributed by atoms with Crippen molar-refractivity contribution in [2.45, 2.75) is 33.0 Å². The SMILES string of the molecule is CCCn1nc(C(F)(F)F)c(C)c1O. The monoisotopic (exact) mass is 208 g/mol. The largest absolute Gasteiger partial charge is 0.493 e. The van der Waals surface area contributed by atoms with Crippen LogP contribution in [0.4, 0.5) is 13.2 Å². The Balaban J connectivity index is 3.15. The Morgan fingerprint density at radius 3 is 2.36 bits per heavy atom. The quantitative estimate of drug-likeness (QED) is 0.809. The average Bonchev–Trinajstić information content (AvgIpc) is 2.32. The number of halogens is 3. The van der Waals surface area contributed by atoms with E-state index in [-0.39, 0.29) is 12.1 Å². The van der Waals surface area contributed by atoms with Gasteiger partial charge in [-0.3, -0.25) is 0 Å². The molecule has 0 atom stereocenters. The van der Waals surface area contributed by atoms with Gasteiger partial charge in [0.1, 0.15) is 0 Å². The highest BCUT2D eigenvalue weighted by Gasteiger charge is 2.37. The van der Waals surface area contributed by atoms with Gasteiger partial charge in [-0.25, -0.2) is 4.68 Å². The first-order valence-corrected chi connectivity index (χ1v) is 4.21. The fourth-order valence-corrected chi connectivity index (χ4v) is 1.18. The van der Waals surface area contributed by atoms with Crippen LogP contribution in [-0.4, -0.2) is 14.9 Å². The van der Waals surface area contributed by atoms with Crippen LogP contribution in [0.25, 0.3) is 0 Å². The zero-order valence-corrected chi connectivity index (χ0v) is 7.89. The zero-order chi connectivity index (χ0) is 10.9. The van der Waals surface area contributed by atoms with E-state index in [9.17, 15) is 18.3 Å². The van der Waals surface area contributed by atoms with Crippen LogP contribution in [0.1, 0.15) is 24.6 Å². The first-order valence-electron chi connectivity index (χ1n) is 4.21. The molecule has 1 N–H and O–H groups in total. The number of aromatic hydroxyl groups is 1. The molecule has 0 bridgehead atoms. The van der Waals surface area contributed by atoms with Crippen LogP contribution >= 0.6 is 0 Å². The summed E-state index contributed by atoms with van der Waals surface area (Å²) in [7, 11) is 0. The Bertz CT molecular complexity index is 330. The van der Waals surface area contributed by atoms with Gasteiger partial charge in [0.15, 0.2) is 5.69 Å². The Morgan fingerprint density at radius 1 is 1.43 bits per heavy atom. The predicted molar refractivity (Wildman–Crippen MR) is 43.9 cm³/mol. The van der Waals surface area contributed by atoms with Crippen molar-refractivity contribution in [1.29, 1.82) is 0 Å². The van der Waals surface area contributed by atoms with Crippen molar-refractivity contribution in [1.82, 2.24) is 9.78 Å². The van der Waals surface area contributed by atoms with Gasteiger partial charge in [-0.2, -0.15) is 18.3 Å². The third kappa shape index (κ3) is 1.83. The van der Waals surface area contributed by atoms with Crippen molar-refractivity contribution in [2.75, 3.05) is 0 Å². The molecule has 3 nitrogen and oxygen atoms in total. The standard InChI is InChI=1S/C8H11F3N2O/c1-3-4-13-7(14)5(2)6(12-13)8(9,10)11/h14H,3-4H2,1-2H3. The van der Waals surface area contributed by atoms with Crippen molar-refractivity contribution < 1.29 is 18.3 Å². The van der Waals surface area contributed by atoms with E-state index in [1.165, 1.54) is 6.92 Å². The third-order valence-electron chi connectivity index (χ3n) is 1.86. The summed E-state index contributed by atoms with van der Waals surface area (Å²) in [5.41, 5.74) is -1.23. The summed E-state index contributed by atoms with van der Waals surface area (Å²) in [5, 5.41) is 12.6. The van der Waals surface area contributed by atoms with Crippen LogP contribution in [0, 0.1) is 6.92 Å². The van der Waals surface area contributed by atoms with Gasteiger partial charge in [-0.05, 0) is 13.3 Å². The van der Waals surface area contributed by atoms with Crippen LogP contribution in [0.5, 0.6) is 5.88 Å². The summed E-state index contributed by atoms with van der Waals surface area (Å²) < 4.78 is 37.9. The second kappa shape index (κ2) is 3.51. The minimum Gasteiger partial charge on any atom is -0.493 e. The average molecular weight is 208 g/mol. The van der Waals surface area contributed by atoms with E-state index < -0.39 is 17.8 Å². The number of nitrogens with zero attached hydrogens (tertiary/aromatic N) is 2. The van der Waals surface area contributed by atoms with Crippen LogP contribution in [0.3, 0.4) is 0 Å². The molecule has 0 saturated heterocycles. The summed E-state index contributed by atoms with van der Waals surface area (Å²) in [4.78, 5) is 0. The summed E-state index contributed by atoms with van der Waals surface area (Å²) in [6, 6.07) is 0. The van der Waals surface area contributed by atoms with Gasteiger partial charge in [0.2, 0.25) is 5.88 Å². The Kier molecular flexibility index (Phi) is 2.73. The second-order valence-electron chi connectivity index (χ2n) is 3.02. The molecule has 1 aromatic rings. The van der Waals surface area contributed by atoms with Crippen LogP contribution in [-0.2, 0) is 12.7 Å². The van der Waals surface area contributed by atoms with E-state index in [4.69, 9.17) is 0 Å². The molecule has 0 aliphatic carbocycles. The van der Waals surface area contributed by atoms with Crippen LogP contribution in [0.2, 0.25) is 0 Å². The van der Waals surface area contributed by atoms with E-state index in [1.807, 2.05) is 0 Å². The van der Waals surface area contributed by atoms with Gasteiger partial charge in [0, 0.05) is 12.1 Å². The normalized spacial score (nSPS) is 12.1. The first kappa shape index (κ1) is 10.9. The lowest BCUT2D eigenvalue weighted by Gasteiger charge is -2.01. The Hall–Kier alpha value is -1.20. The highest BCUT2D eigenvalue weighted by molar-refractivity contribution is 5.30. The van der Waals surface area contributed by atoms with Gasteiger partial charge in [0.05, 0.1) is 0 Å². The molecule has 0 aliphatic heterocycles. The van der Waals surface area contributed by atoms with Crippen LogP contribution < -0.4 is 0 Å². The lowest BCUT2D eigenvalue weighted by atomic mass is 10.2. The molecule has 0 amide bonds. The van der Waals surface area contributed by atoms with Crippen molar-refractivity contribution in [3.05, 3.63) is 11.3 Å². The van der Waals surface area contributed by atoms with Crippen molar-refractivity contribution >= 4 is 0 Å². The van der Waals surface area contributed by atoms with E-state index in [2.05, 4.69) is 5.10 Å². The maximum atomic E-state index is 12.3. The first-order chi connectivity index (χ1) is 6.38. The minimum absolute atomic E-state index is 0.217. The molecule has 14 heavy (non-hydrogen) atoms. The lowest BCUT2D eigenvalue weighted by Crippen LogP contribution is -2.09. The van der Waals surface area contributed by atoms with Gasteiger partial charge in [-0.15, -0.1) is 0 Å². The summed E-state index contributed by atoms with van der Waals surface area (Å²) in [6.07, 6.45) is -3.88. The number of aryl methyl sites for hydroxylation is 1. The molecule has 6 heteroatoms. The summed E-state index contributed by atoms with van der Waals surface area (Å²) in [5.74, 6) is -0.404. The fraction of sp³-hybridized carbons (Fsp3) is 0.625. The smallest absolute Gasteiger partial charge is 0.435 e. The van der Waals surface area contributed by atoms with Crippen molar-refractivity contribution in [2.24, 2.45) is 0 Å². The topological polar surface area (TPSA) is 38.0 Å². The molecular formula is C8H11F3N2O. The molecule has 0 spiro atoms. The van der Waals surface area contributed by atoms with Gasteiger partial charge in [0.25, 0.3) is 0 Å². The van der Waals surface area contributed by atoms with Crippen molar-refractivity contribution in [3.8, 4) is 5.88 Å². The number of hydrogen-bond donors (Lipinski definition) is 1. The van der Waals surface area contributed by atoms with Crippen molar-refractivity contribution in [3.63, 3.8) is 0 Å². The molecule has 1 heterocycles. The maximum Gasteiger partial charge on any atom is 0.435 e. The van der Waals surface area contributed by atoms with E-state index in [0.29, 0.717) is 6.42 Å². The van der Waals surface area contributed by atoms with E-state index in [1.54, 1.807) is 6.92 Å². The van der Waals surface area contributed by atoms with E-state index >= 15 is 0 Å². The molecule has 80 valence electrons. The molecule has 0 aliphatic rings. The molecule has 0 aromatic carbocycles. The molecular weight excluding hydrogens is 197 g/mol. The molecule has 1 aromatic heterocycles. The number of rotatable bonds is 2. The third-order valence-corrected chi connectivity index (χ3v) is 1.86. The number of hydrogen-bond acceptors (Lipinski definition) is 2. The fourth-order valence-electron chi connectivity index (χ4n) is 1.18. The summed E-state index contributed by atoms with van der Waals surface area (Å²) >= 11 is 0. The predicted octanol–water partition coefficient (Wildman–Crippen LogP) is 2.33. The Morgan fingerprint density at radius 2 is 2.00 bits per heavy atom. The van der Waals surface area contributed by atoms with E-state index in [0.717, 1.165) is 4.68 Å². The highest BCUT2D eigenvalue weighted by atomic mass is 19.4. The van der Waals surface area contributed by atoms with Gasteiger partial charge < -0.3 is 5.11 Å². The van der Waals surface area contributed by atoms with Crippen LogP contribution in [0.15, 0.2) is 0 Å². The molecule has 0 unspecified atom stereocenters. The second-order valence-corrected chi connectivity index (χ2v) is 3.02. The molecule has 0 fully saturated rings.